The zero-order chi connectivity index (χ0) is 23.9. The lowest BCUT2D eigenvalue weighted by Crippen LogP contribution is -2.25. The number of unbranched alkanes of at least 4 members (excludes halogenated alkanes) is 1. The maximum absolute atomic E-state index is 11.5. The molecule has 1 amide bonds. The first-order valence-corrected chi connectivity index (χ1v) is 12.8. The van der Waals surface area contributed by atoms with Gasteiger partial charge in [0.25, 0.3) is 0 Å². The highest BCUT2D eigenvalue weighted by atomic mass is 31.0. The lowest BCUT2D eigenvalue weighted by Gasteiger charge is -2.17. The van der Waals surface area contributed by atoms with Crippen LogP contribution in [0.4, 0.5) is 5.82 Å². The average molecular weight is 474 g/mol. The van der Waals surface area contributed by atoms with Gasteiger partial charge in [-0.3, -0.25) is 9.59 Å². The van der Waals surface area contributed by atoms with Crippen molar-refractivity contribution < 1.29 is 19.4 Å². The number of ether oxygens (including phenoxy) is 1. The minimum absolute atomic E-state index is 0.0300. The van der Waals surface area contributed by atoms with Crippen LogP contribution < -0.4 is 15.4 Å². The number of nitrogens with one attached hydrogen (secondary N) is 2. The molecule has 0 fully saturated rings. The lowest BCUT2D eigenvalue weighted by atomic mass is 10.1. The number of carboxylic acids is 1. The zero-order valence-electron chi connectivity index (χ0n) is 19.4. The molecule has 1 aromatic carbocycles. The number of carbonyl (C=O) groups excluding carboxylic acids is 1. The molecule has 0 bridgehead atoms. The molecule has 1 aromatic heterocycles. The number of fused-ring (bicyclic) bond motifs is 2. The lowest BCUT2D eigenvalue weighted by molar-refractivity contribution is -0.136. The molecule has 2 aliphatic heterocycles. The quantitative estimate of drug-likeness (QED) is 0.398. The summed E-state index contributed by atoms with van der Waals surface area (Å²) in [4.78, 5) is 26.5. The monoisotopic (exact) mass is 473 g/mol. The molecule has 2 aromatic rings. The number of anilines is 1. The fourth-order valence-corrected chi connectivity index (χ4v) is 3.62. The molecule has 0 aliphatic carbocycles. The van der Waals surface area contributed by atoms with E-state index in [0.717, 1.165) is 68.9 Å². The maximum atomic E-state index is 11.5. The van der Waals surface area contributed by atoms with Crippen LogP contribution in [0.2, 0.25) is 0 Å². The molecule has 0 radical (unpaired) electrons. The van der Waals surface area contributed by atoms with Gasteiger partial charge in [0, 0.05) is 31.6 Å². The van der Waals surface area contributed by atoms with Gasteiger partial charge in [-0.1, -0.05) is 30.9 Å². The molecule has 7 nitrogen and oxygen atoms in total. The molecule has 1 unspecified atom stereocenters. The molecular formula is C25H36N3O4P. The molecule has 8 heteroatoms. The van der Waals surface area contributed by atoms with Crippen molar-refractivity contribution in [3.8, 4) is 5.75 Å². The number of amides is 1. The molecule has 3 N–H and O–H groups in total. The summed E-state index contributed by atoms with van der Waals surface area (Å²) in [7, 11) is 2.42. The SMILES string of the molecule is CP.O=C(O)CCNC(=O)CCCCc1ccc2c(n1)NCCC2.c1ccc2c(c1)CCO2. The van der Waals surface area contributed by atoms with Gasteiger partial charge in [0.05, 0.1) is 13.0 Å². The first kappa shape index (κ1) is 26.6. The summed E-state index contributed by atoms with van der Waals surface area (Å²) < 4.78 is 5.30. The van der Waals surface area contributed by atoms with Crippen LogP contribution in [0.3, 0.4) is 0 Å². The molecule has 0 saturated heterocycles. The summed E-state index contributed by atoms with van der Waals surface area (Å²) in [6.45, 7) is 3.96. The Labute approximate surface area is 198 Å². The number of benzene rings is 1. The third kappa shape index (κ3) is 9.79. The molecule has 0 saturated carbocycles. The Morgan fingerprint density at radius 3 is 2.70 bits per heavy atom. The maximum Gasteiger partial charge on any atom is 0.305 e. The second-order valence-corrected chi connectivity index (χ2v) is 7.75. The normalized spacial score (nSPS) is 12.9. The van der Waals surface area contributed by atoms with Gasteiger partial charge in [-0.2, -0.15) is 0 Å². The Morgan fingerprint density at radius 1 is 1.09 bits per heavy atom. The highest BCUT2D eigenvalue weighted by Crippen LogP contribution is 2.23. The van der Waals surface area contributed by atoms with Gasteiger partial charge < -0.3 is 20.5 Å². The van der Waals surface area contributed by atoms with Crippen LogP contribution in [-0.2, 0) is 28.9 Å². The minimum Gasteiger partial charge on any atom is -0.493 e. The number of carbonyl (C=O) groups is 2. The van der Waals surface area contributed by atoms with Crippen molar-refractivity contribution >= 4 is 26.9 Å². The van der Waals surface area contributed by atoms with Crippen LogP contribution in [0, 0.1) is 0 Å². The van der Waals surface area contributed by atoms with Gasteiger partial charge in [-0.25, -0.2) is 4.98 Å². The summed E-state index contributed by atoms with van der Waals surface area (Å²) in [5, 5.41) is 14.4. The fraction of sp³-hybridized carbons (Fsp3) is 0.480. The number of aryl methyl sites for hydroxylation is 2. The van der Waals surface area contributed by atoms with E-state index in [9.17, 15) is 9.59 Å². The van der Waals surface area contributed by atoms with Gasteiger partial charge in [0.1, 0.15) is 11.6 Å². The molecule has 33 heavy (non-hydrogen) atoms. The second kappa shape index (κ2) is 15.2. The highest BCUT2D eigenvalue weighted by Gasteiger charge is 2.10. The summed E-state index contributed by atoms with van der Waals surface area (Å²) >= 11 is 0. The van der Waals surface area contributed by atoms with E-state index in [1.54, 1.807) is 0 Å². The Kier molecular flexibility index (Phi) is 12.3. The third-order valence-electron chi connectivity index (χ3n) is 5.30. The van der Waals surface area contributed by atoms with E-state index in [1.807, 2.05) is 24.9 Å². The van der Waals surface area contributed by atoms with Gasteiger partial charge in [-0.05, 0) is 55.4 Å². The molecular weight excluding hydrogens is 437 g/mol. The molecule has 0 spiro atoms. The van der Waals surface area contributed by atoms with E-state index < -0.39 is 5.97 Å². The van der Waals surface area contributed by atoms with Gasteiger partial charge in [-0.15, -0.1) is 9.24 Å². The number of pyridine rings is 1. The van der Waals surface area contributed by atoms with Crippen molar-refractivity contribution in [2.45, 2.75) is 51.4 Å². The molecule has 1 atom stereocenters. The predicted octanol–water partition coefficient (Wildman–Crippen LogP) is 3.86. The number of para-hydroxylation sites is 1. The predicted molar refractivity (Wildman–Crippen MR) is 135 cm³/mol. The van der Waals surface area contributed by atoms with E-state index in [-0.39, 0.29) is 18.9 Å². The van der Waals surface area contributed by atoms with Crippen LogP contribution in [0.5, 0.6) is 5.75 Å². The molecule has 2 aliphatic rings. The molecule has 4 rings (SSSR count). The second-order valence-electron chi connectivity index (χ2n) is 7.75. The summed E-state index contributed by atoms with van der Waals surface area (Å²) in [5.74, 6) is 1.10. The largest absolute Gasteiger partial charge is 0.493 e. The molecule has 180 valence electrons. The first-order chi connectivity index (χ1) is 16.1. The Hall–Kier alpha value is -2.66. The van der Waals surface area contributed by atoms with Crippen LogP contribution in [-0.4, -0.2) is 48.3 Å². The number of rotatable bonds is 8. The Balaban J connectivity index is 0.000000288. The molecule has 3 heterocycles. The van der Waals surface area contributed by atoms with Crippen molar-refractivity contribution in [3.63, 3.8) is 0 Å². The van der Waals surface area contributed by atoms with E-state index >= 15 is 0 Å². The number of carboxylic acid groups (broad SMARTS) is 1. The van der Waals surface area contributed by atoms with Crippen molar-refractivity contribution in [1.82, 2.24) is 10.3 Å². The first-order valence-electron chi connectivity index (χ1n) is 11.6. The van der Waals surface area contributed by atoms with Crippen molar-refractivity contribution in [1.29, 1.82) is 0 Å². The van der Waals surface area contributed by atoms with Gasteiger partial charge in [0.15, 0.2) is 0 Å². The summed E-state index contributed by atoms with van der Waals surface area (Å²) in [6, 6.07) is 12.4. The third-order valence-corrected chi connectivity index (χ3v) is 5.30. The summed E-state index contributed by atoms with van der Waals surface area (Å²) in [5.41, 5.74) is 3.68. The van der Waals surface area contributed by atoms with Gasteiger partial charge in [0.2, 0.25) is 5.91 Å². The van der Waals surface area contributed by atoms with E-state index in [2.05, 4.69) is 43.1 Å². The van der Waals surface area contributed by atoms with Crippen molar-refractivity contribution in [2.75, 3.05) is 31.7 Å². The van der Waals surface area contributed by atoms with Crippen LogP contribution >= 0.6 is 9.24 Å². The van der Waals surface area contributed by atoms with E-state index in [0.29, 0.717) is 6.42 Å². The number of hydrogen-bond acceptors (Lipinski definition) is 5. The number of aliphatic carboxylic acids is 1. The van der Waals surface area contributed by atoms with Crippen molar-refractivity contribution in [3.05, 3.63) is 53.2 Å². The number of aromatic nitrogens is 1. The van der Waals surface area contributed by atoms with Gasteiger partial charge >= 0.3 is 5.97 Å². The topological polar surface area (TPSA) is 101 Å². The Bertz CT molecular complexity index is 869. The summed E-state index contributed by atoms with van der Waals surface area (Å²) in [6.07, 6.45) is 6.27. The highest BCUT2D eigenvalue weighted by molar-refractivity contribution is 7.15. The van der Waals surface area contributed by atoms with Crippen LogP contribution in [0.1, 0.15) is 48.9 Å². The number of hydrogen-bond donors (Lipinski definition) is 3. The fourth-order valence-electron chi connectivity index (χ4n) is 3.62. The van der Waals surface area contributed by atoms with Crippen LogP contribution in [0.15, 0.2) is 36.4 Å². The number of nitrogens with zero attached hydrogens (tertiary/aromatic N) is 1. The van der Waals surface area contributed by atoms with Crippen LogP contribution in [0.25, 0.3) is 0 Å². The van der Waals surface area contributed by atoms with E-state index in [4.69, 9.17) is 9.84 Å². The van der Waals surface area contributed by atoms with Crippen molar-refractivity contribution in [2.24, 2.45) is 0 Å². The standard InChI is InChI=1S/C16H23N3O3.C8H8O.CH5P/c20-14(17-11-9-15(21)22)6-2-1-5-13-8-7-12-4-3-10-18-16(12)19-13;1-2-4-8-7(3-1)5-6-9-8;1-2/h7-8H,1-6,9-11H2,(H,17,20)(H,18,19)(H,21,22);1-4H,5-6H2;2H2,1H3. The average Bonchev–Trinajstić information content (AvgIpc) is 3.32. The minimum atomic E-state index is -0.896. The smallest absolute Gasteiger partial charge is 0.305 e. The zero-order valence-corrected chi connectivity index (χ0v) is 20.6. The Morgan fingerprint density at radius 2 is 1.91 bits per heavy atom. The van der Waals surface area contributed by atoms with E-state index in [1.165, 1.54) is 11.1 Å².